The van der Waals surface area contributed by atoms with Gasteiger partial charge in [-0.2, -0.15) is 23.0 Å². The minimum atomic E-state index is -4.60. The molecule has 30 heavy (non-hydrogen) atoms. The summed E-state index contributed by atoms with van der Waals surface area (Å²) in [6.07, 6.45) is 3.30. The Morgan fingerprint density at radius 3 is 2.43 bits per heavy atom. The highest BCUT2D eigenvalue weighted by molar-refractivity contribution is 5.93. The number of nitrogens with zero attached hydrogens (tertiary/aromatic N) is 4. The van der Waals surface area contributed by atoms with Gasteiger partial charge >= 0.3 is 6.18 Å². The van der Waals surface area contributed by atoms with Crippen LogP contribution in [-0.2, 0) is 6.18 Å². The van der Waals surface area contributed by atoms with E-state index >= 15 is 0 Å². The number of aromatic nitrogens is 4. The molecular weight excluding hydrogens is 395 g/mol. The number of rotatable bonds is 4. The van der Waals surface area contributed by atoms with Crippen LogP contribution in [0.5, 0.6) is 0 Å². The molecule has 1 aliphatic rings. The lowest BCUT2D eigenvalue weighted by Gasteiger charge is -2.28. The molecule has 3 aromatic rings. The minimum Gasteiger partial charge on any atom is -0.349 e. The van der Waals surface area contributed by atoms with E-state index in [2.05, 4.69) is 27.3 Å². The maximum Gasteiger partial charge on any atom is 0.435 e. The Labute approximate surface area is 171 Å². The molecular formula is C21H22F3N5O. The third-order valence-corrected chi connectivity index (χ3v) is 5.71. The van der Waals surface area contributed by atoms with Crippen LogP contribution in [0.2, 0.25) is 0 Å². The molecule has 1 N–H and O–H groups in total. The van der Waals surface area contributed by atoms with Crippen molar-refractivity contribution in [2.45, 2.75) is 51.2 Å². The average molecular weight is 417 g/mol. The summed E-state index contributed by atoms with van der Waals surface area (Å²) in [5.41, 5.74) is -0.482. The Kier molecular flexibility index (Phi) is 5.44. The van der Waals surface area contributed by atoms with Crippen molar-refractivity contribution in [2.75, 3.05) is 0 Å². The van der Waals surface area contributed by atoms with Crippen LogP contribution in [0, 0.1) is 5.92 Å². The fourth-order valence-electron chi connectivity index (χ4n) is 3.96. The molecule has 0 saturated heterocycles. The SMILES string of the molecule is CCC1CCC(NC(=O)c2cnc(-n3nc(C(F)(F)F)c4ccccc43)nc2)CC1. The monoisotopic (exact) mass is 417 g/mol. The molecule has 6 nitrogen and oxygen atoms in total. The van der Waals surface area contributed by atoms with Crippen LogP contribution in [0.4, 0.5) is 13.2 Å². The zero-order valence-corrected chi connectivity index (χ0v) is 16.5. The van der Waals surface area contributed by atoms with Gasteiger partial charge in [-0.3, -0.25) is 4.79 Å². The van der Waals surface area contributed by atoms with Gasteiger partial charge < -0.3 is 5.32 Å². The van der Waals surface area contributed by atoms with Crippen molar-refractivity contribution in [1.29, 1.82) is 0 Å². The number of fused-ring (bicyclic) bond motifs is 1. The van der Waals surface area contributed by atoms with E-state index in [0.29, 0.717) is 0 Å². The number of hydrogen-bond donors (Lipinski definition) is 1. The van der Waals surface area contributed by atoms with Crippen molar-refractivity contribution in [3.63, 3.8) is 0 Å². The lowest BCUT2D eigenvalue weighted by Crippen LogP contribution is -2.37. The van der Waals surface area contributed by atoms with Gasteiger partial charge in [0.15, 0.2) is 5.69 Å². The Balaban J connectivity index is 1.54. The van der Waals surface area contributed by atoms with E-state index in [4.69, 9.17) is 0 Å². The number of para-hydroxylation sites is 1. The fraction of sp³-hybridized carbons (Fsp3) is 0.429. The van der Waals surface area contributed by atoms with Crippen molar-refractivity contribution >= 4 is 16.8 Å². The van der Waals surface area contributed by atoms with Gasteiger partial charge in [-0.1, -0.05) is 31.5 Å². The predicted molar refractivity (Wildman–Crippen MR) is 105 cm³/mol. The molecule has 2 aromatic heterocycles. The number of benzene rings is 1. The van der Waals surface area contributed by atoms with Gasteiger partial charge in [0.2, 0.25) is 0 Å². The topological polar surface area (TPSA) is 72.7 Å². The van der Waals surface area contributed by atoms with Gasteiger partial charge in [0.25, 0.3) is 11.9 Å². The number of halogens is 3. The first-order valence-electron chi connectivity index (χ1n) is 10.0. The first kappa shape index (κ1) is 20.3. The summed E-state index contributed by atoms with van der Waals surface area (Å²) in [4.78, 5) is 20.7. The second kappa shape index (κ2) is 8.04. The second-order valence-corrected chi connectivity index (χ2v) is 7.65. The number of hydrogen-bond acceptors (Lipinski definition) is 4. The Hall–Kier alpha value is -2.97. The van der Waals surface area contributed by atoms with Crippen LogP contribution >= 0.6 is 0 Å². The third kappa shape index (κ3) is 4.01. The van der Waals surface area contributed by atoms with Crippen molar-refractivity contribution < 1.29 is 18.0 Å². The molecule has 1 fully saturated rings. The highest BCUT2D eigenvalue weighted by atomic mass is 19.4. The summed E-state index contributed by atoms with van der Waals surface area (Å²) in [6.45, 7) is 2.18. The largest absolute Gasteiger partial charge is 0.435 e. The third-order valence-electron chi connectivity index (χ3n) is 5.71. The molecule has 0 unspecified atom stereocenters. The lowest BCUT2D eigenvalue weighted by molar-refractivity contribution is -0.140. The van der Waals surface area contributed by atoms with Crippen LogP contribution in [0.1, 0.15) is 55.1 Å². The molecule has 2 heterocycles. The quantitative estimate of drug-likeness (QED) is 0.677. The van der Waals surface area contributed by atoms with Crippen LogP contribution in [0.15, 0.2) is 36.7 Å². The Bertz CT molecular complexity index is 1040. The second-order valence-electron chi connectivity index (χ2n) is 7.65. The first-order valence-corrected chi connectivity index (χ1v) is 10.0. The molecule has 0 radical (unpaired) electrons. The van der Waals surface area contributed by atoms with Gasteiger partial charge in [-0.05, 0) is 37.7 Å². The van der Waals surface area contributed by atoms with Crippen LogP contribution in [-0.4, -0.2) is 31.7 Å². The van der Waals surface area contributed by atoms with Gasteiger partial charge in [-0.15, -0.1) is 0 Å². The summed E-state index contributed by atoms with van der Waals surface area (Å²) in [7, 11) is 0. The normalized spacial score (nSPS) is 19.7. The van der Waals surface area contributed by atoms with Crippen LogP contribution < -0.4 is 5.32 Å². The van der Waals surface area contributed by atoms with Crippen molar-refractivity contribution in [2.24, 2.45) is 5.92 Å². The van der Waals surface area contributed by atoms with E-state index in [1.807, 2.05) is 0 Å². The van der Waals surface area contributed by atoms with Gasteiger partial charge in [0.1, 0.15) is 0 Å². The lowest BCUT2D eigenvalue weighted by atomic mass is 9.84. The highest BCUT2D eigenvalue weighted by Crippen LogP contribution is 2.34. The molecule has 0 aliphatic heterocycles. The molecule has 4 rings (SSSR count). The van der Waals surface area contributed by atoms with Crippen molar-refractivity contribution in [3.8, 4) is 5.95 Å². The summed E-state index contributed by atoms with van der Waals surface area (Å²) in [5, 5.41) is 6.65. The maximum absolute atomic E-state index is 13.3. The Morgan fingerprint density at radius 2 is 1.80 bits per heavy atom. The molecule has 1 aliphatic carbocycles. The molecule has 1 aromatic carbocycles. The average Bonchev–Trinajstić information content (AvgIpc) is 3.15. The highest BCUT2D eigenvalue weighted by Gasteiger charge is 2.37. The molecule has 1 saturated carbocycles. The number of carbonyl (C=O) groups excluding carboxylic acids is 1. The van der Waals surface area contributed by atoms with E-state index in [1.165, 1.54) is 30.6 Å². The van der Waals surface area contributed by atoms with Crippen LogP contribution in [0.25, 0.3) is 16.9 Å². The standard InChI is InChI=1S/C21H22F3N5O/c1-2-13-7-9-15(10-8-13)27-19(30)14-11-25-20(26-12-14)29-17-6-4-3-5-16(17)18(28-29)21(22,23)24/h3-6,11-13,15H,2,7-10H2,1H3,(H,27,30). The molecule has 0 atom stereocenters. The smallest absolute Gasteiger partial charge is 0.349 e. The number of carbonyl (C=O) groups is 1. The van der Waals surface area contributed by atoms with E-state index in [1.54, 1.807) is 6.07 Å². The Morgan fingerprint density at radius 1 is 1.13 bits per heavy atom. The number of alkyl halides is 3. The van der Waals surface area contributed by atoms with E-state index in [-0.39, 0.29) is 34.4 Å². The van der Waals surface area contributed by atoms with Crippen molar-refractivity contribution in [3.05, 3.63) is 47.9 Å². The number of nitrogens with one attached hydrogen (secondary N) is 1. The zero-order chi connectivity index (χ0) is 21.3. The summed E-state index contributed by atoms with van der Waals surface area (Å²) in [6, 6.07) is 6.15. The van der Waals surface area contributed by atoms with E-state index < -0.39 is 11.9 Å². The minimum absolute atomic E-state index is 0.0262. The molecule has 1 amide bonds. The van der Waals surface area contributed by atoms with E-state index in [9.17, 15) is 18.0 Å². The molecule has 0 spiro atoms. The predicted octanol–water partition coefficient (Wildman–Crippen LogP) is 4.53. The summed E-state index contributed by atoms with van der Waals surface area (Å²) < 4.78 is 41.0. The van der Waals surface area contributed by atoms with Gasteiger partial charge in [0.05, 0.1) is 11.1 Å². The fourth-order valence-corrected chi connectivity index (χ4v) is 3.96. The van der Waals surface area contributed by atoms with Crippen LogP contribution in [0.3, 0.4) is 0 Å². The van der Waals surface area contributed by atoms with Gasteiger partial charge in [0, 0.05) is 23.8 Å². The van der Waals surface area contributed by atoms with E-state index in [0.717, 1.165) is 42.7 Å². The zero-order valence-electron chi connectivity index (χ0n) is 16.5. The van der Waals surface area contributed by atoms with Crippen molar-refractivity contribution in [1.82, 2.24) is 25.1 Å². The summed E-state index contributed by atoms with van der Waals surface area (Å²) >= 11 is 0. The first-order chi connectivity index (χ1) is 14.4. The molecule has 9 heteroatoms. The molecule has 0 bridgehead atoms. The summed E-state index contributed by atoms with van der Waals surface area (Å²) in [5.74, 6) is 0.427. The maximum atomic E-state index is 13.3. The van der Waals surface area contributed by atoms with Gasteiger partial charge in [-0.25, -0.2) is 9.97 Å². The number of amides is 1. The molecule has 158 valence electrons.